The van der Waals surface area contributed by atoms with E-state index >= 15 is 0 Å². The maximum atomic E-state index is 12.8. The molecule has 0 radical (unpaired) electrons. The van der Waals surface area contributed by atoms with Gasteiger partial charge in [-0.2, -0.15) is 0 Å². The van der Waals surface area contributed by atoms with Crippen LogP contribution >= 0.6 is 0 Å². The fraction of sp³-hybridized carbons (Fsp3) is 0.111. The van der Waals surface area contributed by atoms with E-state index in [9.17, 15) is 9.59 Å². The van der Waals surface area contributed by atoms with E-state index in [0.29, 0.717) is 22.3 Å². The maximum absolute atomic E-state index is 12.8. The smallest absolute Gasteiger partial charge is 0.323 e. The summed E-state index contributed by atoms with van der Waals surface area (Å²) in [4.78, 5) is 33.0. The van der Waals surface area contributed by atoms with Crippen LogP contribution < -0.4 is 11.0 Å². The number of benzene rings is 2. The van der Waals surface area contributed by atoms with Gasteiger partial charge in [-0.25, -0.2) is 4.79 Å². The van der Waals surface area contributed by atoms with E-state index in [1.165, 1.54) is 0 Å². The molecule has 2 aromatic carbocycles. The summed E-state index contributed by atoms with van der Waals surface area (Å²) in [6.07, 6.45) is 1.81. The summed E-state index contributed by atoms with van der Waals surface area (Å²) in [5, 5.41) is 3.93. The van der Waals surface area contributed by atoms with Gasteiger partial charge in [0.1, 0.15) is 0 Å². The number of para-hydroxylation sites is 1. The van der Waals surface area contributed by atoms with Crippen molar-refractivity contribution in [2.45, 2.75) is 13.8 Å². The number of aromatic nitrogens is 3. The quantitative estimate of drug-likeness (QED) is 0.456. The van der Waals surface area contributed by atoms with E-state index in [-0.39, 0.29) is 11.6 Å². The number of carbonyl (C=O) groups excluding carboxylic acids is 1. The molecule has 120 valence electrons. The summed E-state index contributed by atoms with van der Waals surface area (Å²) in [7, 11) is 0. The topological polar surface area (TPSA) is 93.5 Å². The zero-order valence-corrected chi connectivity index (χ0v) is 13.3. The van der Waals surface area contributed by atoms with Crippen molar-refractivity contribution in [1.82, 2.24) is 15.0 Å². The molecule has 0 bridgehead atoms. The van der Waals surface area contributed by atoms with E-state index in [4.69, 9.17) is 0 Å². The Hall–Kier alpha value is -3.28. The first-order valence-corrected chi connectivity index (χ1v) is 7.64. The van der Waals surface area contributed by atoms with Crippen LogP contribution in [0.25, 0.3) is 21.9 Å². The second-order valence-corrected chi connectivity index (χ2v) is 5.90. The van der Waals surface area contributed by atoms with Crippen molar-refractivity contribution >= 4 is 33.5 Å². The maximum Gasteiger partial charge on any atom is 0.323 e. The number of fused-ring (bicyclic) bond motifs is 2. The molecule has 0 aliphatic heterocycles. The summed E-state index contributed by atoms with van der Waals surface area (Å²) in [6.45, 7) is 3.87. The normalized spacial score (nSPS) is 11.2. The van der Waals surface area contributed by atoms with Crippen molar-refractivity contribution in [3.8, 4) is 0 Å². The number of hydrogen-bond acceptors (Lipinski definition) is 2. The molecular weight excluding hydrogens is 304 g/mol. The van der Waals surface area contributed by atoms with Crippen molar-refractivity contribution in [3.63, 3.8) is 0 Å². The Morgan fingerprint density at radius 3 is 2.75 bits per heavy atom. The number of nitrogens with one attached hydrogen (secondary N) is 4. The minimum Gasteiger partial charge on any atom is -0.361 e. The number of amides is 1. The molecule has 2 heterocycles. The summed E-state index contributed by atoms with van der Waals surface area (Å²) in [5.41, 5.74) is 4.87. The summed E-state index contributed by atoms with van der Waals surface area (Å²) < 4.78 is 0. The molecule has 0 spiro atoms. The van der Waals surface area contributed by atoms with E-state index in [1.54, 1.807) is 12.3 Å². The molecule has 0 aliphatic carbocycles. The first-order chi connectivity index (χ1) is 11.5. The zero-order valence-electron chi connectivity index (χ0n) is 13.3. The lowest BCUT2D eigenvalue weighted by Gasteiger charge is -2.12. The van der Waals surface area contributed by atoms with Crippen LogP contribution in [0, 0.1) is 13.8 Å². The van der Waals surface area contributed by atoms with Crippen LogP contribution in [0.2, 0.25) is 0 Å². The highest BCUT2D eigenvalue weighted by Crippen LogP contribution is 2.28. The van der Waals surface area contributed by atoms with Crippen LogP contribution in [0.1, 0.15) is 21.5 Å². The molecular formula is C18H16N4O2. The summed E-state index contributed by atoms with van der Waals surface area (Å²) in [5.74, 6) is -0.222. The molecule has 0 unspecified atom stereocenters. The zero-order chi connectivity index (χ0) is 16.8. The number of carbonyl (C=O) groups is 1. The highest BCUT2D eigenvalue weighted by Gasteiger charge is 2.16. The second-order valence-electron chi connectivity index (χ2n) is 5.90. The molecule has 0 fully saturated rings. The minimum absolute atomic E-state index is 0.222. The number of rotatable bonds is 2. The van der Waals surface area contributed by atoms with Crippen LogP contribution in [0.4, 0.5) is 5.69 Å². The third kappa shape index (κ3) is 2.11. The largest absolute Gasteiger partial charge is 0.361 e. The highest BCUT2D eigenvalue weighted by molar-refractivity contribution is 6.14. The van der Waals surface area contributed by atoms with Crippen molar-refractivity contribution < 1.29 is 4.79 Å². The van der Waals surface area contributed by atoms with Crippen LogP contribution in [0.3, 0.4) is 0 Å². The molecule has 24 heavy (non-hydrogen) atoms. The number of hydrogen-bond donors (Lipinski definition) is 4. The molecule has 0 atom stereocenters. The van der Waals surface area contributed by atoms with Gasteiger partial charge in [0.15, 0.2) is 0 Å². The van der Waals surface area contributed by atoms with E-state index < -0.39 is 0 Å². The van der Waals surface area contributed by atoms with Gasteiger partial charge < -0.3 is 20.3 Å². The monoisotopic (exact) mass is 320 g/mol. The third-order valence-electron chi connectivity index (χ3n) is 4.40. The third-order valence-corrected chi connectivity index (χ3v) is 4.40. The van der Waals surface area contributed by atoms with Crippen LogP contribution in [-0.2, 0) is 0 Å². The summed E-state index contributed by atoms with van der Waals surface area (Å²) >= 11 is 0. The Morgan fingerprint density at radius 2 is 1.92 bits per heavy atom. The van der Waals surface area contributed by atoms with Gasteiger partial charge in [0.25, 0.3) is 5.91 Å². The molecule has 0 saturated carbocycles. The number of H-pyrrole nitrogens is 3. The van der Waals surface area contributed by atoms with Gasteiger partial charge in [-0.3, -0.25) is 4.79 Å². The van der Waals surface area contributed by atoms with E-state index in [2.05, 4.69) is 20.3 Å². The Labute approximate surface area is 136 Å². The average Bonchev–Trinajstić information content (AvgIpc) is 3.16. The van der Waals surface area contributed by atoms with Crippen LogP contribution in [0.5, 0.6) is 0 Å². The van der Waals surface area contributed by atoms with E-state index in [1.807, 2.05) is 38.1 Å². The molecule has 4 rings (SSSR count). The first kappa shape index (κ1) is 14.3. The van der Waals surface area contributed by atoms with Gasteiger partial charge in [-0.1, -0.05) is 12.1 Å². The van der Waals surface area contributed by atoms with Gasteiger partial charge in [0.2, 0.25) is 0 Å². The molecule has 2 aromatic heterocycles. The Balaban J connectivity index is 1.84. The van der Waals surface area contributed by atoms with Gasteiger partial charge >= 0.3 is 5.69 Å². The first-order valence-electron chi connectivity index (χ1n) is 7.64. The van der Waals surface area contributed by atoms with Crippen molar-refractivity contribution in [2.24, 2.45) is 0 Å². The van der Waals surface area contributed by atoms with Gasteiger partial charge in [-0.15, -0.1) is 0 Å². The molecule has 1 amide bonds. The van der Waals surface area contributed by atoms with Crippen molar-refractivity contribution in [1.29, 1.82) is 0 Å². The molecule has 0 aliphatic rings. The lowest BCUT2D eigenvalue weighted by molar-refractivity contribution is 0.102. The Morgan fingerprint density at radius 1 is 1.08 bits per heavy atom. The number of aryl methyl sites for hydroxylation is 1. The van der Waals surface area contributed by atoms with Crippen molar-refractivity contribution in [2.75, 3.05) is 5.32 Å². The molecule has 0 saturated heterocycles. The van der Waals surface area contributed by atoms with Crippen LogP contribution in [0.15, 0.2) is 41.3 Å². The van der Waals surface area contributed by atoms with Gasteiger partial charge in [0, 0.05) is 11.6 Å². The lowest BCUT2D eigenvalue weighted by Crippen LogP contribution is -2.14. The lowest BCUT2D eigenvalue weighted by atomic mass is 10.1. The highest BCUT2D eigenvalue weighted by atomic mass is 16.2. The molecule has 4 N–H and O–H groups in total. The SMILES string of the molecule is Cc1cc2[nH]c(=O)[nH]c2c(NC(=O)c2cccc3cc[nH]c23)c1C. The van der Waals surface area contributed by atoms with Crippen LogP contribution in [-0.4, -0.2) is 20.9 Å². The average molecular weight is 320 g/mol. The number of anilines is 1. The fourth-order valence-corrected chi connectivity index (χ4v) is 3.02. The summed E-state index contributed by atoms with van der Waals surface area (Å²) in [6, 6.07) is 9.39. The standard InChI is InChI=1S/C18H16N4O2/c1-9-8-13-16(22-18(24)20-13)14(10(9)2)21-17(23)12-5-3-4-11-6-7-19-15(11)12/h3-8,19H,1-2H3,(H,21,23)(H2,20,22,24). The van der Waals surface area contributed by atoms with Crippen molar-refractivity contribution in [3.05, 3.63) is 63.7 Å². The van der Waals surface area contributed by atoms with Gasteiger partial charge in [0.05, 0.1) is 27.8 Å². The predicted octanol–water partition coefficient (Wildman–Crippen LogP) is 3.21. The predicted molar refractivity (Wildman–Crippen MR) is 94.6 cm³/mol. The number of aromatic amines is 3. The van der Waals surface area contributed by atoms with E-state index in [0.717, 1.165) is 22.0 Å². The Bertz CT molecular complexity index is 1150. The molecule has 6 nitrogen and oxygen atoms in total. The molecule has 6 heteroatoms. The Kier molecular flexibility index (Phi) is 3.06. The van der Waals surface area contributed by atoms with Gasteiger partial charge in [-0.05, 0) is 43.2 Å². The molecule has 4 aromatic rings. The minimum atomic E-state index is -0.294. The number of imidazole rings is 1. The second kappa shape index (κ2) is 5.13. The fourth-order valence-electron chi connectivity index (χ4n) is 3.02.